The highest BCUT2D eigenvalue weighted by atomic mass is 16.5. The molecule has 0 spiro atoms. The summed E-state index contributed by atoms with van der Waals surface area (Å²) in [6.45, 7) is 6.38. The summed E-state index contributed by atoms with van der Waals surface area (Å²) < 4.78 is 4.82. The zero-order valence-electron chi connectivity index (χ0n) is 9.91. The molecule has 5 heteroatoms. The van der Waals surface area contributed by atoms with Crippen molar-refractivity contribution in [3.8, 4) is 0 Å². The van der Waals surface area contributed by atoms with Gasteiger partial charge in [-0.05, 0) is 6.92 Å². The van der Waals surface area contributed by atoms with Gasteiger partial charge in [0.2, 0.25) is 5.91 Å². The van der Waals surface area contributed by atoms with Gasteiger partial charge < -0.3 is 20.5 Å². The number of carbonyl (C=O) groups excluding carboxylic acids is 1. The standard InChI is InChI=1S/C10H22N2O3/c1-7(2)12-9(8(3)13)10(14)11-5-6-15-4/h7-9,12-13H,5-6H2,1-4H3,(H,11,14). The predicted octanol–water partition coefficient (Wildman–Crippen LogP) is -0.504. The normalized spacial score (nSPS) is 15.1. The average molecular weight is 218 g/mol. The second kappa shape index (κ2) is 7.62. The number of methoxy groups -OCH3 is 1. The molecule has 0 aliphatic carbocycles. The minimum atomic E-state index is -0.713. The quantitative estimate of drug-likeness (QED) is 0.504. The number of hydrogen-bond donors (Lipinski definition) is 3. The first-order valence-electron chi connectivity index (χ1n) is 5.19. The second-order valence-corrected chi connectivity index (χ2v) is 3.82. The Hall–Kier alpha value is -0.650. The summed E-state index contributed by atoms with van der Waals surface area (Å²) in [7, 11) is 1.57. The van der Waals surface area contributed by atoms with E-state index in [4.69, 9.17) is 4.74 Å². The predicted molar refractivity (Wildman–Crippen MR) is 58.6 cm³/mol. The van der Waals surface area contributed by atoms with E-state index in [-0.39, 0.29) is 11.9 Å². The number of aliphatic hydroxyl groups is 1. The zero-order chi connectivity index (χ0) is 11.8. The molecule has 0 fully saturated rings. The first-order valence-corrected chi connectivity index (χ1v) is 5.19. The van der Waals surface area contributed by atoms with Gasteiger partial charge >= 0.3 is 0 Å². The number of hydrogen-bond acceptors (Lipinski definition) is 4. The molecule has 15 heavy (non-hydrogen) atoms. The first kappa shape index (κ1) is 14.3. The maximum Gasteiger partial charge on any atom is 0.239 e. The van der Waals surface area contributed by atoms with Crippen LogP contribution in [-0.4, -0.2) is 49.5 Å². The molecular weight excluding hydrogens is 196 g/mol. The zero-order valence-corrected chi connectivity index (χ0v) is 9.91. The van der Waals surface area contributed by atoms with Gasteiger partial charge in [0.05, 0.1) is 12.7 Å². The monoisotopic (exact) mass is 218 g/mol. The molecule has 3 N–H and O–H groups in total. The van der Waals surface area contributed by atoms with E-state index in [1.807, 2.05) is 13.8 Å². The molecule has 2 atom stereocenters. The fourth-order valence-corrected chi connectivity index (χ4v) is 1.18. The van der Waals surface area contributed by atoms with Crippen LogP contribution >= 0.6 is 0 Å². The van der Waals surface area contributed by atoms with Gasteiger partial charge in [0.15, 0.2) is 0 Å². The van der Waals surface area contributed by atoms with E-state index in [0.29, 0.717) is 13.2 Å². The highest BCUT2D eigenvalue weighted by molar-refractivity contribution is 5.82. The first-order chi connectivity index (χ1) is 6.99. The number of amides is 1. The number of rotatable bonds is 7. The summed E-state index contributed by atoms with van der Waals surface area (Å²) in [5.74, 6) is -0.198. The number of aliphatic hydroxyl groups excluding tert-OH is 1. The van der Waals surface area contributed by atoms with Gasteiger partial charge in [0.25, 0.3) is 0 Å². The Labute approximate surface area is 91.2 Å². The van der Waals surface area contributed by atoms with Crippen LogP contribution in [-0.2, 0) is 9.53 Å². The smallest absolute Gasteiger partial charge is 0.239 e. The SMILES string of the molecule is COCCNC(=O)C(NC(C)C)C(C)O. The molecule has 0 saturated heterocycles. The molecule has 2 unspecified atom stereocenters. The molecule has 0 aromatic heterocycles. The summed E-state index contributed by atoms with van der Waals surface area (Å²) >= 11 is 0. The van der Waals surface area contributed by atoms with Crippen molar-refractivity contribution in [1.29, 1.82) is 0 Å². The minimum absolute atomic E-state index is 0.151. The maximum absolute atomic E-state index is 11.6. The summed E-state index contributed by atoms with van der Waals surface area (Å²) in [4.78, 5) is 11.6. The van der Waals surface area contributed by atoms with E-state index in [1.54, 1.807) is 14.0 Å². The van der Waals surface area contributed by atoms with Crippen LogP contribution in [0.5, 0.6) is 0 Å². The van der Waals surface area contributed by atoms with Gasteiger partial charge in [-0.2, -0.15) is 0 Å². The molecule has 0 rings (SSSR count). The van der Waals surface area contributed by atoms with E-state index in [9.17, 15) is 9.90 Å². The lowest BCUT2D eigenvalue weighted by Crippen LogP contribution is -2.52. The maximum atomic E-state index is 11.6. The van der Waals surface area contributed by atoms with Gasteiger partial charge in [0, 0.05) is 19.7 Å². The lowest BCUT2D eigenvalue weighted by Gasteiger charge is -2.22. The molecule has 0 aliphatic rings. The number of carbonyl (C=O) groups is 1. The molecule has 0 aromatic carbocycles. The van der Waals surface area contributed by atoms with Crippen molar-refractivity contribution in [2.45, 2.75) is 39.0 Å². The summed E-state index contributed by atoms with van der Waals surface area (Å²) in [5.41, 5.74) is 0. The molecule has 0 aromatic rings. The van der Waals surface area contributed by atoms with Gasteiger partial charge in [-0.1, -0.05) is 13.8 Å². The van der Waals surface area contributed by atoms with E-state index in [0.717, 1.165) is 0 Å². The molecule has 0 heterocycles. The van der Waals surface area contributed by atoms with Crippen LogP contribution in [0.2, 0.25) is 0 Å². The third kappa shape index (κ3) is 6.43. The van der Waals surface area contributed by atoms with Crippen LogP contribution in [0, 0.1) is 0 Å². The highest BCUT2D eigenvalue weighted by Gasteiger charge is 2.23. The minimum Gasteiger partial charge on any atom is -0.391 e. The van der Waals surface area contributed by atoms with Crippen molar-refractivity contribution in [2.24, 2.45) is 0 Å². The van der Waals surface area contributed by atoms with Crippen molar-refractivity contribution < 1.29 is 14.6 Å². The van der Waals surface area contributed by atoms with Crippen LogP contribution in [0.15, 0.2) is 0 Å². The summed E-state index contributed by atoms with van der Waals surface area (Å²) in [6, 6.07) is -0.417. The van der Waals surface area contributed by atoms with Crippen LogP contribution < -0.4 is 10.6 Å². The van der Waals surface area contributed by atoms with Gasteiger partial charge in [-0.15, -0.1) is 0 Å². The third-order valence-electron chi connectivity index (χ3n) is 1.88. The Balaban J connectivity index is 4.05. The largest absolute Gasteiger partial charge is 0.391 e. The Morgan fingerprint density at radius 3 is 2.40 bits per heavy atom. The fourth-order valence-electron chi connectivity index (χ4n) is 1.18. The van der Waals surface area contributed by atoms with E-state index in [2.05, 4.69) is 10.6 Å². The Morgan fingerprint density at radius 2 is 2.00 bits per heavy atom. The number of nitrogens with one attached hydrogen (secondary N) is 2. The molecule has 1 amide bonds. The van der Waals surface area contributed by atoms with Crippen molar-refractivity contribution in [1.82, 2.24) is 10.6 Å². The molecule has 0 aliphatic heterocycles. The Kier molecular flexibility index (Phi) is 7.29. The molecule has 0 saturated carbocycles. The lowest BCUT2D eigenvalue weighted by atomic mass is 10.1. The van der Waals surface area contributed by atoms with Crippen molar-refractivity contribution in [3.05, 3.63) is 0 Å². The van der Waals surface area contributed by atoms with Crippen molar-refractivity contribution in [2.75, 3.05) is 20.3 Å². The lowest BCUT2D eigenvalue weighted by molar-refractivity contribution is -0.126. The molecule has 90 valence electrons. The van der Waals surface area contributed by atoms with Crippen LogP contribution in [0.25, 0.3) is 0 Å². The highest BCUT2D eigenvalue weighted by Crippen LogP contribution is 1.95. The van der Waals surface area contributed by atoms with E-state index < -0.39 is 12.1 Å². The Bertz CT molecular complexity index is 184. The topological polar surface area (TPSA) is 70.6 Å². The molecule has 5 nitrogen and oxygen atoms in total. The molecular formula is C10H22N2O3. The Morgan fingerprint density at radius 1 is 1.40 bits per heavy atom. The molecule has 0 bridgehead atoms. The summed E-state index contributed by atoms with van der Waals surface area (Å²) in [5, 5.41) is 15.1. The van der Waals surface area contributed by atoms with Gasteiger partial charge in [0.1, 0.15) is 6.04 Å². The van der Waals surface area contributed by atoms with E-state index >= 15 is 0 Å². The third-order valence-corrected chi connectivity index (χ3v) is 1.88. The van der Waals surface area contributed by atoms with Gasteiger partial charge in [-0.25, -0.2) is 0 Å². The van der Waals surface area contributed by atoms with Crippen molar-refractivity contribution >= 4 is 5.91 Å². The van der Waals surface area contributed by atoms with E-state index in [1.165, 1.54) is 0 Å². The summed E-state index contributed by atoms with van der Waals surface area (Å²) in [6.07, 6.45) is -0.713. The fraction of sp³-hybridized carbons (Fsp3) is 0.900. The van der Waals surface area contributed by atoms with Crippen LogP contribution in [0.3, 0.4) is 0 Å². The van der Waals surface area contributed by atoms with Crippen LogP contribution in [0.4, 0.5) is 0 Å². The average Bonchev–Trinajstić information content (AvgIpc) is 2.13. The van der Waals surface area contributed by atoms with Crippen molar-refractivity contribution in [3.63, 3.8) is 0 Å². The number of ether oxygens (including phenoxy) is 1. The second-order valence-electron chi connectivity index (χ2n) is 3.82. The van der Waals surface area contributed by atoms with Crippen LogP contribution in [0.1, 0.15) is 20.8 Å². The van der Waals surface area contributed by atoms with Gasteiger partial charge in [-0.3, -0.25) is 4.79 Å². The molecule has 0 radical (unpaired) electrons.